The molecule has 0 aromatic heterocycles. The lowest BCUT2D eigenvalue weighted by atomic mass is 10.1. The number of benzene rings is 3. The summed E-state index contributed by atoms with van der Waals surface area (Å²) in [4.78, 5) is 36.5. The first-order chi connectivity index (χ1) is 17.9. The number of rotatable bonds is 13. The third-order valence-corrected chi connectivity index (χ3v) is 5.76. The molecule has 0 heterocycles. The number of carbonyl (C=O) groups excluding carboxylic acids is 3. The van der Waals surface area contributed by atoms with E-state index in [9.17, 15) is 14.4 Å². The monoisotopic (exact) mass is 522 g/mol. The molecule has 0 aliphatic carbocycles. The van der Waals surface area contributed by atoms with Gasteiger partial charge in [0.05, 0.1) is 11.6 Å². The fourth-order valence-corrected chi connectivity index (χ4v) is 3.64. The Kier molecular flexibility index (Phi) is 11.0. The molecule has 2 N–H and O–H groups in total. The standard InChI is InChI=1S/C29H31ClN2O5/c1-21(37-26-13-6-5-12-25(26)30)29(35)32-24-18-16-23(17-19-24)31-27(33)14-7-15-28(34)36-20-8-11-22-9-3-2-4-10-22/h2-6,9-10,12-13,16-19,21H,7-8,11,14-15,20H2,1H3,(H,31,33)(H,32,35). The molecule has 7 nitrogen and oxygen atoms in total. The summed E-state index contributed by atoms with van der Waals surface area (Å²) < 4.78 is 10.9. The van der Waals surface area contributed by atoms with Crippen molar-refractivity contribution in [3.63, 3.8) is 0 Å². The second kappa shape index (κ2) is 14.7. The van der Waals surface area contributed by atoms with Crippen LogP contribution in [0.5, 0.6) is 5.75 Å². The maximum atomic E-state index is 12.4. The average Bonchev–Trinajstić information content (AvgIpc) is 2.89. The van der Waals surface area contributed by atoms with Crippen LogP contribution < -0.4 is 15.4 Å². The van der Waals surface area contributed by atoms with E-state index in [0.29, 0.717) is 35.2 Å². The molecular weight excluding hydrogens is 492 g/mol. The number of hydrogen-bond acceptors (Lipinski definition) is 5. The van der Waals surface area contributed by atoms with Crippen molar-refractivity contribution >= 4 is 40.8 Å². The highest BCUT2D eigenvalue weighted by atomic mass is 35.5. The maximum Gasteiger partial charge on any atom is 0.305 e. The lowest BCUT2D eigenvalue weighted by Gasteiger charge is -2.15. The zero-order valence-electron chi connectivity index (χ0n) is 20.7. The molecule has 0 radical (unpaired) electrons. The van der Waals surface area contributed by atoms with Crippen LogP contribution in [0.4, 0.5) is 11.4 Å². The summed E-state index contributed by atoms with van der Waals surface area (Å²) >= 11 is 6.07. The third-order valence-electron chi connectivity index (χ3n) is 5.45. The van der Waals surface area contributed by atoms with E-state index in [1.54, 1.807) is 55.5 Å². The van der Waals surface area contributed by atoms with Crippen LogP contribution in [0, 0.1) is 0 Å². The van der Waals surface area contributed by atoms with E-state index in [4.69, 9.17) is 21.1 Å². The predicted molar refractivity (Wildman–Crippen MR) is 145 cm³/mol. The highest BCUT2D eigenvalue weighted by Gasteiger charge is 2.16. The summed E-state index contributed by atoms with van der Waals surface area (Å²) in [7, 11) is 0. The number of nitrogens with one attached hydrogen (secondary N) is 2. The Morgan fingerprint density at radius 1 is 0.811 bits per heavy atom. The Morgan fingerprint density at radius 2 is 1.46 bits per heavy atom. The molecule has 1 atom stereocenters. The van der Waals surface area contributed by atoms with Gasteiger partial charge in [-0.2, -0.15) is 0 Å². The van der Waals surface area contributed by atoms with Crippen molar-refractivity contribution in [2.24, 2.45) is 0 Å². The van der Waals surface area contributed by atoms with Crippen LogP contribution in [-0.2, 0) is 25.5 Å². The number of amides is 2. The van der Waals surface area contributed by atoms with Gasteiger partial charge in [-0.15, -0.1) is 0 Å². The van der Waals surface area contributed by atoms with Crippen LogP contribution in [0.3, 0.4) is 0 Å². The van der Waals surface area contributed by atoms with Gasteiger partial charge in [0.1, 0.15) is 5.75 Å². The van der Waals surface area contributed by atoms with Crippen LogP contribution in [0.2, 0.25) is 5.02 Å². The van der Waals surface area contributed by atoms with E-state index in [0.717, 1.165) is 12.8 Å². The summed E-state index contributed by atoms with van der Waals surface area (Å²) in [6.07, 6.45) is 1.66. The second-order valence-corrected chi connectivity index (χ2v) is 8.88. The molecule has 0 bridgehead atoms. The molecule has 0 aliphatic rings. The van der Waals surface area contributed by atoms with E-state index < -0.39 is 6.10 Å². The molecule has 3 aromatic carbocycles. The number of esters is 1. The summed E-state index contributed by atoms with van der Waals surface area (Å²) in [6.45, 7) is 2.00. The normalized spacial score (nSPS) is 11.3. The number of aryl methyl sites for hydroxylation is 1. The van der Waals surface area contributed by atoms with Gasteiger partial charge < -0.3 is 20.1 Å². The molecule has 3 rings (SSSR count). The van der Waals surface area contributed by atoms with E-state index in [1.807, 2.05) is 30.3 Å². The van der Waals surface area contributed by atoms with Gasteiger partial charge in [0.15, 0.2) is 6.10 Å². The van der Waals surface area contributed by atoms with E-state index in [-0.39, 0.29) is 30.6 Å². The minimum absolute atomic E-state index is 0.193. The molecule has 0 saturated carbocycles. The van der Waals surface area contributed by atoms with Gasteiger partial charge in [0.25, 0.3) is 5.91 Å². The summed E-state index contributed by atoms with van der Waals surface area (Å²) in [6, 6.07) is 23.7. The van der Waals surface area contributed by atoms with Crippen molar-refractivity contribution in [2.75, 3.05) is 17.2 Å². The first-order valence-corrected chi connectivity index (χ1v) is 12.6. The van der Waals surface area contributed by atoms with Gasteiger partial charge in [-0.25, -0.2) is 0 Å². The number of ether oxygens (including phenoxy) is 2. The van der Waals surface area contributed by atoms with Gasteiger partial charge in [-0.1, -0.05) is 54.1 Å². The zero-order valence-corrected chi connectivity index (χ0v) is 21.5. The van der Waals surface area contributed by atoms with Crippen molar-refractivity contribution in [1.29, 1.82) is 0 Å². The Morgan fingerprint density at radius 3 is 2.16 bits per heavy atom. The molecule has 0 saturated heterocycles. The van der Waals surface area contributed by atoms with Crippen LogP contribution in [-0.4, -0.2) is 30.5 Å². The molecular formula is C29H31ClN2O5. The Labute approximate surface area is 222 Å². The molecule has 1 unspecified atom stereocenters. The van der Waals surface area contributed by atoms with Crippen molar-refractivity contribution < 1.29 is 23.9 Å². The lowest BCUT2D eigenvalue weighted by Crippen LogP contribution is -2.30. The molecule has 194 valence electrons. The number of hydrogen-bond donors (Lipinski definition) is 2. The van der Waals surface area contributed by atoms with Gasteiger partial charge >= 0.3 is 5.97 Å². The zero-order chi connectivity index (χ0) is 26.5. The molecule has 2 amide bonds. The Bertz CT molecular complexity index is 1170. The van der Waals surface area contributed by atoms with Gasteiger partial charge in [0, 0.05) is 24.2 Å². The van der Waals surface area contributed by atoms with Crippen LogP contribution in [0.1, 0.15) is 38.2 Å². The molecule has 0 spiro atoms. The Hall–Kier alpha value is -3.84. The summed E-state index contributed by atoms with van der Waals surface area (Å²) in [5.74, 6) is -0.394. The van der Waals surface area contributed by atoms with Crippen molar-refractivity contribution in [2.45, 2.75) is 45.1 Å². The van der Waals surface area contributed by atoms with Crippen molar-refractivity contribution in [3.8, 4) is 5.75 Å². The topological polar surface area (TPSA) is 93.7 Å². The van der Waals surface area contributed by atoms with Crippen molar-refractivity contribution in [1.82, 2.24) is 0 Å². The maximum absolute atomic E-state index is 12.4. The quantitative estimate of drug-likeness (QED) is 0.211. The largest absolute Gasteiger partial charge is 0.479 e. The highest BCUT2D eigenvalue weighted by molar-refractivity contribution is 6.32. The smallest absolute Gasteiger partial charge is 0.305 e. The van der Waals surface area contributed by atoms with Crippen LogP contribution in [0.25, 0.3) is 0 Å². The molecule has 3 aromatic rings. The van der Waals surface area contributed by atoms with E-state index in [2.05, 4.69) is 10.6 Å². The first kappa shape index (κ1) is 27.7. The summed E-state index contributed by atoms with van der Waals surface area (Å²) in [5, 5.41) is 5.98. The SMILES string of the molecule is CC(Oc1ccccc1Cl)C(=O)Nc1ccc(NC(=O)CCCC(=O)OCCCc2ccccc2)cc1. The van der Waals surface area contributed by atoms with Gasteiger partial charge in [-0.05, 0) is 68.1 Å². The second-order valence-electron chi connectivity index (χ2n) is 8.47. The summed E-state index contributed by atoms with van der Waals surface area (Å²) in [5.41, 5.74) is 2.36. The molecule has 8 heteroatoms. The van der Waals surface area contributed by atoms with Crippen LogP contribution in [0.15, 0.2) is 78.9 Å². The van der Waals surface area contributed by atoms with E-state index >= 15 is 0 Å². The third kappa shape index (κ3) is 9.97. The number of halogens is 1. The number of anilines is 2. The minimum atomic E-state index is -0.755. The predicted octanol–water partition coefficient (Wildman–Crippen LogP) is 6.03. The average molecular weight is 523 g/mol. The van der Waals surface area contributed by atoms with Gasteiger partial charge in [0.2, 0.25) is 5.91 Å². The minimum Gasteiger partial charge on any atom is -0.479 e. The van der Waals surface area contributed by atoms with Crippen molar-refractivity contribution in [3.05, 3.63) is 89.4 Å². The first-order valence-electron chi connectivity index (χ1n) is 12.2. The molecule has 0 aliphatic heterocycles. The highest BCUT2D eigenvalue weighted by Crippen LogP contribution is 2.24. The van der Waals surface area contributed by atoms with E-state index in [1.165, 1.54) is 5.56 Å². The fourth-order valence-electron chi connectivity index (χ4n) is 3.46. The van der Waals surface area contributed by atoms with Gasteiger partial charge in [-0.3, -0.25) is 14.4 Å². The Balaban J connectivity index is 1.31. The molecule has 37 heavy (non-hydrogen) atoms. The fraction of sp³-hybridized carbons (Fsp3) is 0.276. The number of para-hydroxylation sites is 1. The number of carbonyl (C=O) groups is 3. The van der Waals surface area contributed by atoms with Crippen LogP contribution >= 0.6 is 11.6 Å². The lowest BCUT2D eigenvalue weighted by molar-refractivity contribution is -0.143. The molecule has 0 fully saturated rings.